The first-order chi connectivity index (χ1) is 9.08. The number of aromatic carboxylic acids is 1. The van der Waals surface area contributed by atoms with Crippen LogP contribution in [-0.2, 0) is 0 Å². The van der Waals surface area contributed by atoms with Crippen molar-refractivity contribution < 1.29 is 9.90 Å². The van der Waals surface area contributed by atoms with Gasteiger partial charge < -0.3 is 15.7 Å². The Morgan fingerprint density at radius 1 is 1.21 bits per heavy atom. The molecule has 0 radical (unpaired) electrons. The summed E-state index contributed by atoms with van der Waals surface area (Å²) in [5.41, 5.74) is 1.86. The zero-order chi connectivity index (χ0) is 13.8. The van der Waals surface area contributed by atoms with Crippen molar-refractivity contribution in [2.75, 3.05) is 17.7 Å². The number of hydrogen-bond acceptors (Lipinski definition) is 5. The predicted octanol–water partition coefficient (Wildman–Crippen LogP) is 2.27. The van der Waals surface area contributed by atoms with E-state index in [0.717, 1.165) is 11.4 Å². The molecule has 2 rings (SSSR count). The normalized spacial score (nSPS) is 10.0. The smallest absolute Gasteiger partial charge is 0.335 e. The summed E-state index contributed by atoms with van der Waals surface area (Å²) in [7, 11) is 1.75. The molecular formula is C13H14N4O2. The molecule has 0 aliphatic carbocycles. The summed E-state index contributed by atoms with van der Waals surface area (Å²) in [6.45, 7) is 1.88. The summed E-state index contributed by atoms with van der Waals surface area (Å²) in [4.78, 5) is 19.2. The summed E-state index contributed by atoms with van der Waals surface area (Å²) >= 11 is 0. The van der Waals surface area contributed by atoms with E-state index in [2.05, 4.69) is 20.6 Å². The molecule has 6 nitrogen and oxygen atoms in total. The van der Waals surface area contributed by atoms with Crippen molar-refractivity contribution in [3.63, 3.8) is 0 Å². The Morgan fingerprint density at radius 2 is 1.89 bits per heavy atom. The largest absolute Gasteiger partial charge is 0.478 e. The number of aromatic nitrogens is 2. The fourth-order valence-electron chi connectivity index (χ4n) is 1.59. The minimum absolute atomic E-state index is 0.250. The lowest BCUT2D eigenvalue weighted by molar-refractivity contribution is 0.0697. The number of benzene rings is 1. The molecule has 0 fully saturated rings. The van der Waals surface area contributed by atoms with Gasteiger partial charge in [0, 0.05) is 24.5 Å². The highest BCUT2D eigenvalue weighted by molar-refractivity contribution is 5.88. The first-order valence-corrected chi connectivity index (χ1v) is 5.72. The summed E-state index contributed by atoms with van der Waals surface area (Å²) in [5.74, 6) is 0.242. The molecule has 1 aromatic heterocycles. The van der Waals surface area contributed by atoms with E-state index in [-0.39, 0.29) is 5.56 Å². The van der Waals surface area contributed by atoms with Crippen LogP contribution >= 0.6 is 0 Å². The van der Waals surface area contributed by atoms with E-state index in [1.165, 1.54) is 12.1 Å². The number of aryl methyl sites for hydroxylation is 1. The topological polar surface area (TPSA) is 87.1 Å². The molecule has 0 aliphatic rings. The molecule has 0 atom stereocenters. The van der Waals surface area contributed by atoms with E-state index in [0.29, 0.717) is 11.8 Å². The van der Waals surface area contributed by atoms with Gasteiger partial charge in [0.1, 0.15) is 5.82 Å². The number of carboxylic acids is 1. The van der Waals surface area contributed by atoms with Gasteiger partial charge in [0.25, 0.3) is 0 Å². The second-order valence-corrected chi connectivity index (χ2v) is 3.98. The molecule has 3 N–H and O–H groups in total. The Morgan fingerprint density at radius 3 is 2.47 bits per heavy atom. The van der Waals surface area contributed by atoms with Crippen molar-refractivity contribution in [1.82, 2.24) is 9.97 Å². The van der Waals surface area contributed by atoms with E-state index < -0.39 is 5.97 Å². The van der Waals surface area contributed by atoms with Crippen LogP contribution in [0.5, 0.6) is 0 Å². The van der Waals surface area contributed by atoms with Gasteiger partial charge in [-0.3, -0.25) is 0 Å². The molecule has 1 heterocycles. The van der Waals surface area contributed by atoms with E-state index in [1.54, 1.807) is 19.2 Å². The van der Waals surface area contributed by atoms with Gasteiger partial charge in [-0.25, -0.2) is 9.78 Å². The quantitative estimate of drug-likeness (QED) is 0.779. The molecule has 0 saturated heterocycles. The molecule has 0 unspecified atom stereocenters. The van der Waals surface area contributed by atoms with Crippen molar-refractivity contribution in [2.45, 2.75) is 6.92 Å². The van der Waals surface area contributed by atoms with E-state index in [4.69, 9.17) is 5.11 Å². The SMILES string of the molecule is CNc1nc(C)cc(Nc2ccc(C(=O)O)cc2)n1. The number of nitrogens with zero attached hydrogens (tertiary/aromatic N) is 2. The molecule has 6 heteroatoms. The fraction of sp³-hybridized carbons (Fsp3) is 0.154. The molecule has 0 aliphatic heterocycles. The molecule has 2 aromatic rings. The Kier molecular flexibility index (Phi) is 3.61. The average molecular weight is 258 g/mol. The summed E-state index contributed by atoms with van der Waals surface area (Å²) in [5, 5.41) is 14.8. The lowest BCUT2D eigenvalue weighted by Crippen LogP contribution is -2.02. The molecule has 0 spiro atoms. The van der Waals surface area contributed by atoms with Crippen LogP contribution < -0.4 is 10.6 Å². The second kappa shape index (κ2) is 5.34. The van der Waals surface area contributed by atoms with Gasteiger partial charge in [-0.2, -0.15) is 4.98 Å². The molecule has 0 bridgehead atoms. The maximum atomic E-state index is 10.7. The van der Waals surface area contributed by atoms with Gasteiger partial charge >= 0.3 is 5.97 Å². The number of nitrogens with one attached hydrogen (secondary N) is 2. The third-order valence-electron chi connectivity index (χ3n) is 2.48. The van der Waals surface area contributed by atoms with Crippen LogP contribution in [0.1, 0.15) is 16.1 Å². The number of hydrogen-bond donors (Lipinski definition) is 3. The van der Waals surface area contributed by atoms with Crippen LogP contribution in [0.4, 0.5) is 17.5 Å². The van der Waals surface area contributed by atoms with Crippen molar-refractivity contribution >= 4 is 23.4 Å². The van der Waals surface area contributed by atoms with Crippen molar-refractivity contribution in [3.8, 4) is 0 Å². The molecule has 1 aromatic carbocycles. The maximum absolute atomic E-state index is 10.7. The predicted molar refractivity (Wildman–Crippen MR) is 73.0 cm³/mol. The maximum Gasteiger partial charge on any atom is 0.335 e. The molecule has 0 amide bonds. The van der Waals surface area contributed by atoms with Crippen LogP contribution in [0.25, 0.3) is 0 Å². The fourth-order valence-corrected chi connectivity index (χ4v) is 1.59. The lowest BCUT2D eigenvalue weighted by Gasteiger charge is -2.08. The van der Waals surface area contributed by atoms with Crippen molar-refractivity contribution in [1.29, 1.82) is 0 Å². The Bertz CT molecular complexity index is 596. The van der Waals surface area contributed by atoms with Crippen molar-refractivity contribution in [3.05, 3.63) is 41.6 Å². The number of anilines is 3. The Hall–Kier alpha value is -2.63. The zero-order valence-corrected chi connectivity index (χ0v) is 10.6. The average Bonchev–Trinajstić information content (AvgIpc) is 2.38. The number of rotatable bonds is 4. The Balaban J connectivity index is 2.21. The van der Waals surface area contributed by atoms with Gasteiger partial charge in [0.05, 0.1) is 5.56 Å². The highest BCUT2D eigenvalue weighted by Gasteiger charge is 2.04. The van der Waals surface area contributed by atoms with E-state index in [9.17, 15) is 4.79 Å². The highest BCUT2D eigenvalue weighted by Crippen LogP contribution is 2.17. The molecule has 19 heavy (non-hydrogen) atoms. The van der Waals surface area contributed by atoms with Crippen LogP contribution in [-0.4, -0.2) is 28.1 Å². The van der Waals surface area contributed by atoms with Crippen LogP contribution in [0.15, 0.2) is 30.3 Å². The highest BCUT2D eigenvalue weighted by atomic mass is 16.4. The van der Waals surface area contributed by atoms with Gasteiger partial charge in [-0.1, -0.05) is 0 Å². The van der Waals surface area contributed by atoms with Gasteiger partial charge in [0.15, 0.2) is 0 Å². The van der Waals surface area contributed by atoms with Gasteiger partial charge in [0.2, 0.25) is 5.95 Å². The number of carboxylic acid groups (broad SMARTS) is 1. The first kappa shape index (κ1) is 12.8. The van der Waals surface area contributed by atoms with E-state index in [1.807, 2.05) is 13.0 Å². The standard InChI is InChI=1S/C13H14N4O2/c1-8-7-11(17-13(14-2)15-8)16-10-5-3-9(4-6-10)12(18)19/h3-7H,1-2H3,(H,18,19)(H2,14,15,16,17). The third-order valence-corrected chi connectivity index (χ3v) is 2.48. The zero-order valence-electron chi connectivity index (χ0n) is 10.6. The summed E-state index contributed by atoms with van der Waals surface area (Å²) in [6, 6.07) is 8.28. The lowest BCUT2D eigenvalue weighted by atomic mass is 10.2. The summed E-state index contributed by atoms with van der Waals surface area (Å²) < 4.78 is 0. The third kappa shape index (κ3) is 3.19. The molecular weight excluding hydrogens is 244 g/mol. The monoisotopic (exact) mass is 258 g/mol. The minimum Gasteiger partial charge on any atom is -0.478 e. The second-order valence-electron chi connectivity index (χ2n) is 3.98. The molecule has 98 valence electrons. The van der Waals surface area contributed by atoms with E-state index >= 15 is 0 Å². The Labute approximate surface area is 110 Å². The van der Waals surface area contributed by atoms with Gasteiger partial charge in [-0.15, -0.1) is 0 Å². The van der Waals surface area contributed by atoms with Crippen LogP contribution in [0.3, 0.4) is 0 Å². The van der Waals surface area contributed by atoms with Gasteiger partial charge in [-0.05, 0) is 31.2 Å². The van der Waals surface area contributed by atoms with Crippen LogP contribution in [0, 0.1) is 6.92 Å². The van der Waals surface area contributed by atoms with Crippen molar-refractivity contribution in [2.24, 2.45) is 0 Å². The minimum atomic E-state index is -0.943. The number of carbonyl (C=O) groups is 1. The van der Waals surface area contributed by atoms with Crippen LogP contribution in [0.2, 0.25) is 0 Å². The molecule has 0 saturated carbocycles. The first-order valence-electron chi connectivity index (χ1n) is 5.72. The summed E-state index contributed by atoms with van der Waals surface area (Å²) in [6.07, 6.45) is 0.